The number of alkyl halides is 3. The third-order valence-corrected chi connectivity index (χ3v) is 2.47. The lowest BCUT2D eigenvalue weighted by Gasteiger charge is -2.16. The first-order valence-corrected chi connectivity index (χ1v) is 5.96. The quantitative estimate of drug-likeness (QED) is 0.835. The Morgan fingerprint density at radius 1 is 1.39 bits per heavy atom. The lowest BCUT2D eigenvalue weighted by Crippen LogP contribution is -2.35. The fraction of sp³-hybridized carbons (Fsp3) is 0.455. The van der Waals surface area contributed by atoms with Crippen molar-refractivity contribution in [2.75, 3.05) is 13.1 Å². The maximum absolute atomic E-state index is 13.4. The molecule has 1 unspecified atom stereocenters. The van der Waals surface area contributed by atoms with Gasteiger partial charge in [0.25, 0.3) is 0 Å². The molecule has 0 bridgehead atoms. The van der Waals surface area contributed by atoms with Crippen molar-refractivity contribution in [1.82, 2.24) is 5.32 Å². The molecule has 0 heterocycles. The van der Waals surface area contributed by atoms with Gasteiger partial charge in [-0.3, -0.25) is 0 Å². The van der Waals surface area contributed by atoms with Crippen LogP contribution in [-0.2, 0) is 0 Å². The molecule has 0 aliphatic rings. The van der Waals surface area contributed by atoms with Crippen molar-refractivity contribution in [1.29, 1.82) is 0 Å². The van der Waals surface area contributed by atoms with Gasteiger partial charge in [0, 0.05) is 11.0 Å². The van der Waals surface area contributed by atoms with Gasteiger partial charge in [-0.05, 0) is 25.1 Å². The van der Waals surface area contributed by atoms with E-state index in [2.05, 4.69) is 21.2 Å². The largest absolute Gasteiger partial charge is 0.486 e. The van der Waals surface area contributed by atoms with Crippen LogP contribution in [0.4, 0.5) is 17.6 Å². The fourth-order valence-electron chi connectivity index (χ4n) is 1.25. The standard InChI is InChI=1S/C11H12BrF4NO/c1-7(5-17-6-11(14,15)16)18-10-3-2-8(12)4-9(10)13/h2-4,7,17H,5-6H2,1H3. The predicted octanol–water partition coefficient (Wildman–Crippen LogP) is 3.51. The smallest absolute Gasteiger partial charge is 0.401 e. The van der Waals surface area contributed by atoms with E-state index in [1.807, 2.05) is 0 Å². The van der Waals surface area contributed by atoms with Crippen LogP contribution in [0.2, 0.25) is 0 Å². The van der Waals surface area contributed by atoms with Gasteiger partial charge in [-0.25, -0.2) is 4.39 Å². The van der Waals surface area contributed by atoms with Gasteiger partial charge in [0.05, 0.1) is 6.54 Å². The van der Waals surface area contributed by atoms with Gasteiger partial charge in [-0.1, -0.05) is 15.9 Å². The van der Waals surface area contributed by atoms with E-state index in [1.165, 1.54) is 12.1 Å². The van der Waals surface area contributed by atoms with Crippen LogP contribution >= 0.6 is 15.9 Å². The van der Waals surface area contributed by atoms with Gasteiger partial charge in [0.15, 0.2) is 11.6 Å². The van der Waals surface area contributed by atoms with Crippen LogP contribution < -0.4 is 10.1 Å². The Kier molecular flexibility index (Phi) is 5.40. The molecule has 1 atom stereocenters. The molecule has 0 aliphatic carbocycles. The lowest BCUT2D eigenvalue weighted by molar-refractivity contribution is -0.125. The van der Waals surface area contributed by atoms with E-state index in [4.69, 9.17) is 4.74 Å². The molecule has 1 aromatic rings. The van der Waals surface area contributed by atoms with Crippen LogP contribution in [0, 0.1) is 5.82 Å². The molecule has 0 aliphatic heterocycles. The van der Waals surface area contributed by atoms with E-state index in [9.17, 15) is 17.6 Å². The Bertz CT molecular complexity index is 397. The molecular formula is C11H12BrF4NO. The number of hydrogen-bond donors (Lipinski definition) is 1. The number of ether oxygens (including phenoxy) is 1. The minimum Gasteiger partial charge on any atom is -0.486 e. The fourth-order valence-corrected chi connectivity index (χ4v) is 1.58. The first-order valence-electron chi connectivity index (χ1n) is 5.17. The van der Waals surface area contributed by atoms with Crippen molar-refractivity contribution in [2.24, 2.45) is 0 Å². The van der Waals surface area contributed by atoms with Crippen molar-refractivity contribution < 1.29 is 22.3 Å². The molecule has 1 aromatic carbocycles. The third-order valence-electron chi connectivity index (χ3n) is 1.98. The van der Waals surface area contributed by atoms with E-state index in [-0.39, 0.29) is 12.3 Å². The average molecular weight is 330 g/mol. The maximum Gasteiger partial charge on any atom is 0.401 e. The van der Waals surface area contributed by atoms with E-state index in [0.29, 0.717) is 4.47 Å². The summed E-state index contributed by atoms with van der Waals surface area (Å²) in [5.74, 6) is -0.549. The highest BCUT2D eigenvalue weighted by Gasteiger charge is 2.26. The Morgan fingerprint density at radius 3 is 2.61 bits per heavy atom. The van der Waals surface area contributed by atoms with Crippen LogP contribution in [0.1, 0.15) is 6.92 Å². The topological polar surface area (TPSA) is 21.3 Å². The van der Waals surface area contributed by atoms with Crippen LogP contribution in [0.3, 0.4) is 0 Å². The van der Waals surface area contributed by atoms with Gasteiger partial charge >= 0.3 is 6.18 Å². The van der Waals surface area contributed by atoms with Crippen LogP contribution in [0.15, 0.2) is 22.7 Å². The molecule has 1 N–H and O–H groups in total. The third kappa shape index (κ3) is 5.68. The predicted molar refractivity (Wildman–Crippen MR) is 63.1 cm³/mol. The molecule has 7 heteroatoms. The molecule has 2 nitrogen and oxygen atoms in total. The number of benzene rings is 1. The van der Waals surface area contributed by atoms with Crippen LogP contribution in [0.25, 0.3) is 0 Å². The SMILES string of the molecule is CC(CNCC(F)(F)F)Oc1ccc(Br)cc1F. The van der Waals surface area contributed by atoms with Gasteiger partial charge < -0.3 is 10.1 Å². The molecule has 0 saturated carbocycles. The van der Waals surface area contributed by atoms with Gasteiger partial charge in [0.1, 0.15) is 6.10 Å². The molecule has 0 saturated heterocycles. The summed E-state index contributed by atoms with van der Waals surface area (Å²) in [5, 5.41) is 2.19. The number of nitrogens with one attached hydrogen (secondary N) is 1. The summed E-state index contributed by atoms with van der Waals surface area (Å²) in [5.41, 5.74) is 0. The minimum atomic E-state index is -4.26. The van der Waals surface area contributed by atoms with Crippen molar-refractivity contribution in [2.45, 2.75) is 19.2 Å². The van der Waals surface area contributed by atoms with E-state index >= 15 is 0 Å². The average Bonchev–Trinajstić information content (AvgIpc) is 2.20. The monoisotopic (exact) mass is 329 g/mol. The molecule has 0 radical (unpaired) electrons. The van der Waals surface area contributed by atoms with E-state index < -0.39 is 24.6 Å². The van der Waals surface area contributed by atoms with Crippen molar-refractivity contribution in [3.05, 3.63) is 28.5 Å². The second kappa shape index (κ2) is 6.38. The zero-order valence-electron chi connectivity index (χ0n) is 9.52. The highest BCUT2D eigenvalue weighted by atomic mass is 79.9. The van der Waals surface area contributed by atoms with Crippen LogP contribution in [0.5, 0.6) is 5.75 Å². The normalized spacial score (nSPS) is 13.4. The Morgan fingerprint density at radius 2 is 2.06 bits per heavy atom. The Hall–Kier alpha value is -0.820. The zero-order chi connectivity index (χ0) is 13.8. The second-order valence-electron chi connectivity index (χ2n) is 3.75. The summed E-state index contributed by atoms with van der Waals surface area (Å²) in [7, 11) is 0. The van der Waals surface area contributed by atoms with Gasteiger partial charge in [0.2, 0.25) is 0 Å². The first-order chi connectivity index (χ1) is 8.28. The van der Waals surface area contributed by atoms with E-state index in [0.717, 1.165) is 0 Å². The number of halogens is 5. The molecular weight excluding hydrogens is 318 g/mol. The number of rotatable bonds is 5. The Balaban J connectivity index is 2.42. The van der Waals surface area contributed by atoms with E-state index in [1.54, 1.807) is 13.0 Å². The lowest BCUT2D eigenvalue weighted by atomic mass is 10.3. The highest BCUT2D eigenvalue weighted by molar-refractivity contribution is 9.10. The summed E-state index contributed by atoms with van der Waals surface area (Å²) in [4.78, 5) is 0. The summed E-state index contributed by atoms with van der Waals surface area (Å²) < 4.78 is 54.7. The molecule has 102 valence electrons. The highest BCUT2D eigenvalue weighted by Crippen LogP contribution is 2.22. The van der Waals surface area contributed by atoms with Gasteiger partial charge in [-0.15, -0.1) is 0 Å². The summed E-state index contributed by atoms with van der Waals surface area (Å²) in [6.07, 6.45) is -4.83. The van der Waals surface area contributed by atoms with Crippen LogP contribution in [-0.4, -0.2) is 25.4 Å². The molecule has 0 aromatic heterocycles. The zero-order valence-corrected chi connectivity index (χ0v) is 11.1. The van der Waals surface area contributed by atoms with Crippen molar-refractivity contribution >= 4 is 15.9 Å². The molecule has 1 rings (SSSR count). The van der Waals surface area contributed by atoms with Gasteiger partial charge in [-0.2, -0.15) is 13.2 Å². The maximum atomic E-state index is 13.4. The molecule has 18 heavy (non-hydrogen) atoms. The number of hydrogen-bond acceptors (Lipinski definition) is 2. The molecule has 0 spiro atoms. The second-order valence-corrected chi connectivity index (χ2v) is 4.66. The Labute approximate surface area is 110 Å². The van der Waals surface area contributed by atoms with Crippen molar-refractivity contribution in [3.63, 3.8) is 0 Å². The summed E-state index contributed by atoms with van der Waals surface area (Å²) in [6.45, 7) is 0.448. The molecule has 0 amide bonds. The first kappa shape index (κ1) is 15.2. The summed E-state index contributed by atoms with van der Waals surface area (Å²) >= 11 is 3.09. The summed E-state index contributed by atoms with van der Waals surface area (Å²) in [6, 6.07) is 4.24. The van der Waals surface area contributed by atoms with Crippen molar-refractivity contribution in [3.8, 4) is 5.75 Å². The minimum absolute atomic E-state index is 0.0134. The molecule has 0 fully saturated rings.